The summed E-state index contributed by atoms with van der Waals surface area (Å²) >= 11 is 0. The van der Waals surface area contributed by atoms with E-state index in [0.717, 1.165) is 25.4 Å². The molecule has 0 radical (unpaired) electrons. The second-order valence-corrected chi connectivity index (χ2v) is 6.40. The van der Waals surface area contributed by atoms with E-state index in [4.69, 9.17) is 9.15 Å². The van der Waals surface area contributed by atoms with Crippen LogP contribution in [0.4, 0.5) is 0 Å². The van der Waals surface area contributed by atoms with Gasteiger partial charge in [0, 0.05) is 26.2 Å². The number of carbonyl (C=O) groups is 1. The number of ether oxygens (including phenoxy) is 1. The molecule has 0 saturated carbocycles. The summed E-state index contributed by atoms with van der Waals surface area (Å²) < 4.78 is 12.1. The number of carbonyl (C=O) groups excluding carboxylic acids is 1. The zero-order valence-electron chi connectivity index (χ0n) is 13.8. The molecule has 4 heterocycles. The van der Waals surface area contributed by atoms with Gasteiger partial charge in [-0.2, -0.15) is 0 Å². The Kier molecular flexibility index (Phi) is 4.51. The van der Waals surface area contributed by atoms with Crippen molar-refractivity contribution in [1.29, 1.82) is 0 Å². The minimum Gasteiger partial charge on any atom is -0.468 e. The van der Waals surface area contributed by atoms with Crippen LogP contribution in [0.25, 0.3) is 0 Å². The third-order valence-corrected chi connectivity index (χ3v) is 4.71. The van der Waals surface area contributed by atoms with Gasteiger partial charge in [-0.1, -0.05) is 5.21 Å². The molecule has 2 aliphatic heterocycles. The highest BCUT2D eigenvalue weighted by atomic mass is 16.5. The summed E-state index contributed by atoms with van der Waals surface area (Å²) in [7, 11) is 0. The van der Waals surface area contributed by atoms with E-state index < -0.39 is 6.10 Å². The van der Waals surface area contributed by atoms with Gasteiger partial charge in [0.1, 0.15) is 17.9 Å². The smallest absolute Gasteiger partial charge is 0.276 e. The van der Waals surface area contributed by atoms with Crippen LogP contribution < -0.4 is 0 Å². The van der Waals surface area contributed by atoms with Gasteiger partial charge in [-0.25, -0.2) is 4.68 Å². The zero-order valence-corrected chi connectivity index (χ0v) is 13.8. The summed E-state index contributed by atoms with van der Waals surface area (Å²) in [6.45, 7) is 4.27. The van der Waals surface area contributed by atoms with Crippen LogP contribution in [0.1, 0.15) is 22.3 Å². The summed E-state index contributed by atoms with van der Waals surface area (Å²) in [6, 6.07) is 3.56. The number of aromatic nitrogens is 3. The summed E-state index contributed by atoms with van der Waals surface area (Å²) in [4.78, 5) is 16.7. The lowest BCUT2D eigenvalue weighted by molar-refractivity contribution is 0.0614. The van der Waals surface area contributed by atoms with Crippen LogP contribution >= 0.6 is 0 Å². The summed E-state index contributed by atoms with van der Waals surface area (Å²) in [5.74, 6) is 0.803. The van der Waals surface area contributed by atoms with Crippen molar-refractivity contribution in [3.05, 3.63) is 36.0 Å². The minimum absolute atomic E-state index is 0.127. The van der Waals surface area contributed by atoms with Gasteiger partial charge >= 0.3 is 0 Å². The van der Waals surface area contributed by atoms with E-state index in [-0.39, 0.29) is 18.6 Å². The van der Waals surface area contributed by atoms with Gasteiger partial charge in [0.25, 0.3) is 5.91 Å². The lowest BCUT2D eigenvalue weighted by Gasteiger charge is -2.33. The Morgan fingerprint density at radius 1 is 1.28 bits per heavy atom. The number of nitrogens with zero attached hydrogens (tertiary/aromatic N) is 5. The number of furan rings is 1. The lowest BCUT2D eigenvalue weighted by atomic mass is 10.2. The Labute approximate surface area is 144 Å². The van der Waals surface area contributed by atoms with Gasteiger partial charge in [0.2, 0.25) is 0 Å². The predicted molar refractivity (Wildman–Crippen MR) is 85.8 cm³/mol. The molecule has 2 saturated heterocycles. The van der Waals surface area contributed by atoms with E-state index in [1.165, 1.54) is 4.68 Å². The number of hydrogen-bond donors (Lipinski definition) is 1. The third-order valence-electron chi connectivity index (χ3n) is 4.71. The lowest BCUT2D eigenvalue weighted by Crippen LogP contribution is -2.48. The molecule has 1 amide bonds. The molecule has 0 spiro atoms. The van der Waals surface area contributed by atoms with Crippen molar-refractivity contribution in [3.63, 3.8) is 0 Å². The molecule has 9 nitrogen and oxygen atoms in total. The molecule has 25 heavy (non-hydrogen) atoms. The first-order chi connectivity index (χ1) is 12.2. The molecule has 1 N–H and O–H groups in total. The van der Waals surface area contributed by atoms with E-state index in [1.807, 2.05) is 12.1 Å². The standard InChI is InChI=1S/C16H21N5O4/c22-15-11-24-10-14(15)21-9-13(17-18-21)16(23)20-5-3-19(4-6-20)8-12-2-1-7-25-12/h1-2,7,9,14-15,22H,3-6,8,10-11H2/t14-,15-/m1/s1. The molecular weight excluding hydrogens is 326 g/mol. The molecule has 2 fully saturated rings. The van der Waals surface area contributed by atoms with E-state index in [1.54, 1.807) is 17.4 Å². The number of amides is 1. The largest absolute Gasteiger partial charge is 0.468 e. The topological polar surface area (TPSA) is 96.9 Å². The van der Waals surface area contributed by atoms with Crippen LogP contribution in [0.3, 0.4) is 0 Å². The Morgan fingerprint density at radius 3 is 2.80 bits per heavy atom. The fourth-order valence-electron chi connectivity index (χ4n) is 3.22. The molecule has 2 atom stereocenters. The first-order valence-corrected chi connectivity index (χ1v) is 8.42. The van der Waals surface area contributed by atoms with E-state index >= 15 is 0 Å². The summed E-state index contributed by atoms with van der Waals surface area (Å²) in [5.41, 5.74) is 0.304. The maximum atomic E-state index is 12.6. The first-order valence-electron chi connectivity index (χ1n) is 8.42. The van der Waals surface area contributed by atoms with Crippen molar-refractivity contribution in [1.82, 2.24) is 24.8 Å². The average Bonchev–Trinajstić information content (AvgIpc) is 3.36. The molecule has 4 rings (SSSR count). The van der Waals surface area contributed by atoms with Crippen molar-refractivity contribution in [2.75, 3.05) is 39.4 Å². The maximum absolute atomic E-state index is 12.6. The molecule has 2 aliphatic rings. The fourth-order valence-corrected chi connectivity index (χ4v) is 3.22. The molecule has 2 aromatic heterocycles. The zero-order chi connectivity index (χ0) is 17.2. The van der Waals surface area contributed by atoms with E-state index in [0.29, 0.717) is 25.4 Å². The van der Waals surface area contributed by atoms with E-state index in [2.05, 4.69) is 15.2 Å². The Balaban J connectivity index is 1.34. The predicted octanol–water partition coefficient (Wildman–Crippen LogP) is -0.239. The van der Waals surface area contributed by atoms with Gasteiger partial charge in [0.05, 0.1) is 32.2 Å². The number of piperazine rings is 1. The SMILES string of the molecule is O=C(c1cn([C@@H]2COC[C@H]2O)nn1)N1CCN(Cc2ccco2)CC1. The van der Waals surface area contributed by atoms with Crippen LogP contribution in [0.5, 0.6) is 0 Å². The monoisotopic (exact) mass is 347 g/mol. The Bertz CT molecular complexity index is 708. The third kappa shape index (κ3) is 3.44. The molecule has 0 aliphatic carbocycles. The average molecular weight is 347 g/mol. The molecule has 2 aromatic rings. The highest BCUT2D eigenvalue weighted by Gasteiger charge is 2.30. The van der Waals surface area contributed by atoms with Crippen molar-refractivity contribution in [2.45, 2.75) is 18.7 Å². The molecule has 9 heteroatoms. The molecule has 0 aromatic carbocycles. The van der Waals surface area contributed by atoms with Crippen molar-refractivity contribution in [3.8, 4) is 0 Å². The number of aliphatic hydroxyl groups excluding tert-OH is 1. The first kappa shape index (κ1) is 16.2. The van der Waals surface area contributed by atoms with Gasteiger partial charge < -0.3 is 19.2 Å². The van der Waals surface area contributed by atoms with Gasteiger partial charge in [0.15, 0.2) is 5.69 Å². The highest BCUT2D eigenvalue weighted by molar-refractivity contribution is 5.92. The molecular formula is C16H21N5O4. The van der Waals surface area contributed by atoms with Gasteiger partial charge in [-0.3, -0.25) is 9.69 Å². The quantitative estimate of drug-likeness (QED) is 0.815. The van der Waals surface area contributed by atoms with Crippen molar-refractivity contribution >= 4 is 5.91 Å². The number of rotatable bonds is 4. The second-order valence-electron chi connectivity index (χ2n) is 6.40. The van der Waals surface area contributed by atoms with Crippen LogP contribution in [0.15, 0.2) is 29.0 Å². The maximum Gasteiger partial charge on any atom is 0.276 e. The molecule has 0 unspecified atom stereocenters. The van der Waals surface area contributed by atoms with Crippen LogP contribution in [-0.2, 0) is 11.3 Å². The molecule has 134 valence electrons. The van der Waals surface area contributed by atoms with Crippen LogP contribution in [0, 0.1) is 0 Å². The van der Waals surface area contributed by atoms with Crippen molar-refractivity contribution in [2.24, 2.45) is 0 Å². The van der Waals surface area contributed by atoms with Crippen LogP contribution in [-0.4, -0.2) is 81.3 Å². The highest BCUT2D eigenvalue weighted by Crippen LogP contribution is 2.19. The summed E-state index contributed by atoms with van der Waals surface area (Å²) in [6.07, 6.45) is 2.65. The van der Waals surface area contributed by atoms with Gasteiger partial charge in [-0.05, 0) is 12.1 Å². The van der Waals surface area contributed by atoms with Crippen LogP contribution in [0.2, 0.25) is 0 Å². The van der Waals surface area contributed by atoms with E-state index in [9.17, 15) is 9.90 Å². The van der Waals surface area contributed by atoms with Crippen molar-refractivity contribution < 1.29 is 19.1 Å². The normalized spacial score (nSPS) is 24.8. The summed E-state index contributed by atoms with van der Waals surface area (Å²) in [5, 5.41) is 17.8. The second kappa shape index (κ2) is 6.95. The minimum atomic E-state index is -0.616. The number of aliphatic hydroxyl groups is 1. The van der Waals surface area contributed by atoms with Gasteiger partial charge in [-0.15, -0.1) is 5.10 Å². The number of hydrogen-bond acceptors (Lipinski definition) is 7. The Morgan fingerprint density at radius 2 is 2.12 bits per heavy atom. The molecule has 0 bridgehead atoms. The Hall–Kier alpha value is -2.23. The fraction of sp³-hybridized carbons (Fsp3) is 0.562.